The Bertz CT molecular complexity index is 511. The fourth-order valence-corrected chi connectivity index (χ4v) is 3.05. The molecule has 4 nitrogen and oxygen atoms in total. The Labute approximate surface area is 142 Å². The summed E-state index contributed by atoms with van der Waals surface area (Å²) in [6, 6.07) is 5.54. The summed E-state index contributed by atoms with van der Waals surface area (Å²) in [6.07, 6.45) is 2.48. The van der Waals surface area contributed by atoms with Crippen LogP contribution in [0.25, 0.3) is 0 Å². The number of halogens is 2. The van der Waals surface area contributed by atoms with Crippen molar-refractivity contribution in [2.45, 2.75) is 19.4 Å². The molecule has 2 N–H and O–H groups in total. The van der Waals surface area contributed by atoms with Crippen molar-refractivity contribution < 1.29 is 0 Å². The molecule has 22 heavy (non-hydrogen) atoms. The number of hydrogen-bond acceptors (Lipinski definition) is 2. The molecule has 0 amide bonds. The van der Waals surface area contributed by atoms with Gasteiger partial charge in [0.15, 0.2) is 5.96 Å². The van der Waals surface area contributed by atoms with Gasteiger partial charge in [0.05, 0.1) is 0 Å². The van der Waals surface area contributed by atoms with Crippen LogP contribution in [-0.4, -0.2) is 44.6 Å². The van der Waals surface area contributed by atoms with Gasteiger partial charge in [0.2, 0.25) is 0 Å². The van der Waals surface area contributed by atoms with E-state index in [1.807, 2.05) is 12.1 Å². The van der Waals surface area contributed by atoms with E-state index in [1.54, 1.807) is 13.1 Å². The van der Waals surface area contributed by atoms with Crippen molar-refractivity contribution in [1.29, 1.82) is 0 Å². The van der Waals surface area contributed by atoms with Crippen LogP contribution in [0.5, 0.6) is 0 Å². The fraction of sp³-hybridized carbons (Fsp3) is 0.562. The average Bonchev–Trinajstić information content (AvgIpc) is 2.51. The van der Waals surface area contributed by atoms with Crippen molar-refractivity contribution in [1.82, 2.24) is 15.5 Å². The summed E-state index contributed by atoms with van der Waals surface area (Å²) in [5.41, 5.74) is 1.01. The normalized spacial score (nSPS) is 17.5. The Balaban J connectivity index is 1.77. The number of nitrogens with one attached hydrogen (secondary N) is 2. The molecular weight excluding hydrogens is 319 g/mol. The maximum absolute atomic E-state index is 6.18. The first kappa shape index (κ1) is 17.4. The molecule has 1 aromatic carbocycles. The van der Waals surface area contributed by atoms with Gasteiger partial charge in [0, 0.05) is 30.2 Å². The molecule has 1 fully saturated rings. The molecule has 1 aliphatic rings. The van der Waals surface area contributed by atoms with Crippen molar-refractivity contribution >= 4 is 29.2 Å². The van der Waals surface area contributed by atoms with Gasteiger partial charge in [-0.25, -0.2) is 0 Å². The van der Waals surface area contributed by atoms with E-state index in [-0.39, 0.29) is 0 Å². The third kappa shape index (κ3) is 5.34. The van der Waals surface area contributed by atoms with Gasteiger partial charge in [-0.1, -0.05) is 29.3 Å². The van der Waals surface area contributed by atoms with Crippen LogP contribution in [0.4, 0.5) is 0 Å². The molecule has 0 spiro atoms. The zero-order valence-electron chi connectivity index (χ0n) is 13.2. The van der Waals surface area contributed by atoms with Crippen LogP contribution in [0.2, 0.25) is 10.0 Å². The molecule has 1 heterocycles. The number of benzene rings is 1. The Kier molecular flexibility index (Phi) is 6.80. The van der Waals surface area contributed by atoms with Crippen LogP contribution >= 0.6 is 23.2 Å². The number of nitrogens with zero attached hydrogens (tertiary/aromatic N) is 2. The zero-order chi connectivity index (χ0) is 15.9. The SMILES string of the molecule is CN=C(NCc1ccc(Cl)cc1Cl)NCC1CCN(C)CC1. The van der Waals surface area contributed by atoms with Crippen molar-refractivity contribution in [2.24, 2.45) is 10.9 Å². The molecule has 0 bridgehead atoms. The summed E-state index contributed by atoms with van der Waals surface area (Å²) in [5, 5.41) is 8.03. The Morgan fingerprint density at radius 3 is 2.64 bits per heavy atom. The predicted octanol–water partition coefficient (Wildman–Crippen LogP) is 3.00. The second-order valence-electron chi connectivity index (χ2n) is 5.79. The summed E-state index contributed by atoms with van der Waals surface area (Å²) in [5.74, 6) is 1.53. The lowest BCUT2D eigenvalue weighted by Gasteiger charge is -2.29. The molecule has 1 aromatic rings. The molecule has 6 heteroatoms. The summed E-state index contributed by atoms with van der Waals surface area (Å²) in [4.78, 5) is 6.65. The van der Waals surface area contributed by atoms with E-state index in [0.717, 1.165) is 18.1 Å². The highest BCUT2D eigenvalue weighted by Gasteiger charge is 2.16. The quantitative estimate of drug-likeness (QED) is 0.652. The number of rotatable bonds is 4. The molecule has 0 atom stereocenters. The highest BCUT2D eigenvalue weighted by molar-refractivity contribution is 6.35. The van der Waals surface area contributed by atoms with E-state index >= 15 is 0 Å². The first-order valence-corrected chi connectivity index (χ1v) is 8.41. The first-order chi connectivity index (χ1) is 10.6. The van der Waals surface area contributed by atoms with Crippen LogP contribution in [0.3, 0.4) is 0 Å². The van der Waals surface area contributed by atoms with Crippen molar-refractivity contribution in [3.05, 3.63) is 33.8 Å². The first-order valence-electron chi connectivity index (χ1n) is 7.65. The van der Waals surface area contributed by atoms with Crippen LogP contribution in [0.15, 0.2) is 23.2 Å². The number of aliphatic imine (C=N–C) groups is 1. The lowest BCUT2D eigenvalue weighted by molar-refractivity contribution is 0.220. The van der Waals surface area contributed by atoms with E-state index in [0.29, 0.717) is 22.5 Å². The number of guanidine groups is 1. The minimum absolute atomic E-state index is 0.628. The van der Waals surface area contributed by atoms with Gasteiger partial charge in [-0.05, 0) is 56.6 Å². The largest absolute Gasteiger partial charge is 0.356 e. The Morgan fingerprint density at radius 2 is 2.00 bits per heavy atom. The van der Waals surface area contributed by atoms with E-state index in [4.69, 9.17) is 23.2 Å². The minimum atomic E-state index is 0.628. The van der Waals surface area contributed by atoms with Crippen molar-refractivity contribution in [3.63, 3.8) is 0 Å². The van der Waals surface area contributed by atoms with Gasteiger partial charge in [-0.3, -0.25) is 4.99 Å². The van der Waals surface area contributed by atoms with E-state index in [9.17, 15) is 0 Å². The summed E-state index contributed by atoms with van der Waals surface area (Å²) >= 11 is 12.1. The predicted molar refractivity (Wildman–Crippen MR) is 94.9 cm³/mol. The maximum Gasteiger partial charge on any atom is 0.191 e. The molecule has 0 radical (unpaired) electrons. The fourth-order valence-electron chi connectivity index (χ4n) is 2.57. The summed E-state index contributed by atoms with van der Waals surface area (Å²) < 4.78 is 0. The summed E-state index contributed by atoms with van der Waals surface area (Å²) in [6.45, 7) is 3.95. The number of likely N-dealkylation sites (tertiary alicyclic amines) is 1. The van der Waals surface area contributed by atoms with Crippen molar-refractivity contribution in [3.8, 4) is 0 Å². The summed E-state index contributed by atoms with van der Waals surface area (Å²) in [7, 11) is 3.97. The molecular formula is C16H24Cl2N4. The molecule has 0 unspecified atom stereocenters. The topological polar surface area (TPSA) is 39.7 Å². The molecule has 0 saturated carbocycles. The maximum atomic E-state index is 6.18. The third-order valence-corrected chi connectivity index (χ3v) is 4.67. The lowest BCUT2D eigenvalue weighted by atomic mass is 9.97. The standard InChI is InChI=1S/C16H24Cl2N4/c1-19-16(20-10-12-5-7-22(2)8-6-12)21-11-13-3-4-14(17)9-15(13)18/h3-4,9,12H,5-8,10-11H2,1-2H3,(H2,19,20,21). The molecule has 0 aliphatic carbocycles. The van der Waals surface area contributed by atoms with Crippen molar-refractivity contribution in [2.75, 3.05) is 33.7 Å². The van der Waals surface area contributed by atoms with Crippen LogP contribution < -0.4 is 10.6 Å². The number of hydrogen-bond donors (Lipinski definition) is 2. The zero-order valence-corrected chi connectivity index (χ0v) is 14.7. The highest BCUT2D eigenvalue weighted by atomic mass is 35.5. The van der Waals surface area contributed by atoms with Crippen LogP contribution in [0, 0.1) is 5.92 Å². The molecule has 2 rings (SSSR count). The minimum Gasteiger partial charge on any atom is -0.356 e. The van der Waals surface area contributed by atoms with Gasteiger partial charge in [-0.15, -0.1) is 0 Å². The third-order valence-electron chi connectivity index (χ3n) is 4.08. The van der Waals surface area contributed by atoms with E-state index in [1.165, 1.54) is 25.9 Å². The van der Waals surface area contributed by atoms with Crippen LogP contribution in [0.1, 0.15) is 18.4 Å². The van der Waals surface area contributed by atoms with Gasteiger partial charge in [0.1, 0.15) is 0 Å². The molecule has 1 aliphatic heterocycles. The molecule has 1 saturated heterocycles. The van der Waals surface area contributed by atoms with Gasteiger partial charge in [0.25, 0.3) is 0 Å². The Morgan fingerprint density at radius 1 is 1.27 bits per heavy atom. The van der Waals surface area contributed by atoms with Gasteiger partial charge < -0.3 is 15.5 Å². The number of piperidine rings is 1. The van der Waals surface area contributed by atoms with Crippen LogP contribution in [-0.2, 0) is 6.54 Å². The highest BCUT2D eigenvalue weighted by Crippen LogP contribution is 2.20. The van der Waals surface area contributed by atoms with E-state index in [2.05, 4.69) is 27.6 Å². The Hall–Kier alpha value is -0.970. The molecule has 0 aromatic heterocycles. The van der Waals surface area contributed by atoms with Gasteiger partial charge >= 0.3 is 0 Å². The van der Waals surface area contributed by atoms with E-state index < -0.39 is 0 Å². The van der Waals surface area contributed by atoms with Gasteiger partial charge in [-0.2, -0.15) is 0 Å². The monoisotopic (exact) mass is 342 g/mol. The second kappa shape index (κ2) is 8.61. The lowest BCUT2D eigenvalue weighted by Crippen LogP contribution is -2.42. The second-order valence-corrected chi connectivity index (χ2v) is 6.63. The molecule has 122 valence electrons. The average molecular weight is 343 g/mol. The smallest absolute Gasteiger partial charge is 0.191 e.